The molecular formula is C23H17N5O2. The highest BCUT2D eigenvalue weighted by Gasteiger charge is 2.12. The fraction of sp³-hybridized carbons (Fsp3) is 0. The van der Waals surface area contributed by atoms with Crippen LogP contribution in [0.5, 0.6) is 11.6 Å². The van der Waals surface area contributed by atoms with Crippen molar-refractivity contribution in [1.29, 1.82) is 0 Å². The number of aromatic nitrogens is 4. The van der Waals surface area contributed by atoms with Gasteiger partial charge in [0, 0.05) is 35.2 Å². The molecule has 0 spiro atoms. The molecule has 1 amide bonds. The van der Waals surface area contributed by atoms with E-state index in [2.05, 4.69) is 37.9 Å². The number of H-pyrrole nitrogens is 2. The molecule has 0 bridgehead atoms. The van der Waals surface area contributed by atoms with Crippen LogP contribution in [0.15, 0.2) is 79.8 Å². The Morgan fingerprint density at radius 3 is 2.97 bits per heavy atom. The molecule has 3 N–H and O–H groups in total. The summed E-state index contributed by atoms with van der Waals surface area (Å²) >= 11 is 0. The van der Waals surface area contributed by atoms with Crippen LogP contribution in [0.1, 0.15) is 0 Å². The number of amides is 1. The third-order valence-corrected chi connectivity index (χ3v) is 4.73. The van der Waals surface area contributed by atoms with E-state index in [1.165, 1.54) is 6.08 Å². The van der Waals surface area contributed by atoms with E-state index in [0.29, 0.717) is 23.0 Å². The predicted molar refractivity (Wildman–Crippen MR) is 117 cm³/mol. The molecule has 0 aliphatic heterocycles. The fourth-order valence-corrected chi connectivity index (χ4v) is 3.32. The van der Waals surface area contributed by atoms with Crippen molar-refractivity contribution in [3.05, 3.63) is 79.8 Å². The molecule has 146 valence electrons. The first kappa shape index (κ1) is 17.7. The molecule has 5 rings (SSSR count). The molecule has 7 heteroatoms. The molecule has 0 aliphatic carbocycles. The number of ether oxygens (including phenoxy) is 1. The zero-order valence-corrected chi connectivity index (χ0v) is 15.8. The van der Waals surface area contributed by atoms with Crippen molar-refractivity contribution >= 4 is 33.7 Å². The van der Waals surface area contributed by atoms with E-state index in [-0.39, 0.29) is 5.91 Å². The minimum Gasteiger partial charge on any atom is -0.437 e. The van der Waals surface area contributed by atoms with Crippen LogP contribution < -0.4 is 10.1 Å². The number of nitrogens with one attached hydrogen (secondary N) is 3. The van der Waals surface area contributed by atoms with Crippen molar-refractivity contribution in [3.8, 4) is 22.8 Å². The Hall–Kier alpha value is -4.39. The topological polar surface area (TPSA) is 95.7 Å². The van der Waals surface area contributed by atoms with Crippen molar-refractivity contribution in [2.75, 3.05) is 5.32 Å². The average molecular weight is 395 g/mol. The third kappa shape index (κ3) is 3.29. The third-order valence-electron chi connectivity index (χ3n) is 4.73. The number of anilines is 1. The molecule has 0 unspecified atom stereocenters. The number of fused-ring (bicyclic) bond motifs is 2. The maximum Gasteiger partial charge on any atom is 0.247 e. The van der Waals surface area contributed by atoms with Gasteiger partial charge in [-0.2, -0.15) is 0 Å². The maximum absolute atomic E-state index is 11.5. The summed E-state index contributed by atoms with van der Waals surface area (Å²) in [5.41, 5.74) is 5.06. The van der Waals surface area contributed by atoms with E-state index in [0.717, 1.165) is 27.5 Å². The molecule has 2 aromatic carbocycles. The van der Waals surface area contributed by atoms with Gasteiger partial charge < -0.3 is 20.0 Å². The summed E-state index contributed by atoms with van der Waals surface area (Å²) in [7, 11) is 0. The normalized spacial score (nSPS) is 10.9. The van der Waals surface area contributed by atoms with Gasteiger partial charge in [0.1, 0.15) is 11.3 Å². The number of hydrogen-bond donors (Lipinski definition) is 3. The van der Waals surface area contributed by atoms with Gasteiger partial charge in [-0.05, 0) is 47.4 Å². The highest BCUT2D eigenvalue weighted by Crippen LogP contribution is 2.31. The minimum absolute atomic E-state index is 0.287. The molecule has 0 saturated heterocycles. The molecule has 3 heterocycles. The summed E-state index contributed by atoms with van der Waals surface area (Å²) in [6.45, 7) is 3.45. The van der Waals surface area contributed by atoms with E-state index < -0.39 is 0 Å². The smallest absolute Gasteiger partial charge is 0.247 e. The molecule has 5 aromatic rings. The maximum atomic E-state index is 11.5. The number of hydrogen-bond acceptors (Lipinski definition) is 4. The minimum atomic E-state index is -0.287. The number of aromatic amines is 2. The second-order valence-electron chi connectivity index (χ2n) is 6.71. The molecule has 0 fully saturated rings. The van der Waals surface area contributed by atoms with Crippen LogP contribution in [0.4, 0.5) is 5.69 Å². The van der Waals surface area contributed by atoms with Gasteiger partial charge in [0.15, 0.2) is 5.65 Å². The Morgan fingerprint density at radius 2 is 2.07 bits per heavy atom. The Balaban J connectivity index is 1.48. The summed E-state index contributed by atoms with van der Waals surface area (Å²) in [6, 6.07) is 15.3. The molecule has 0 atom stereocenters. The lowest BCUT2D eigenvalue weighted by Crippen LogP contribution is -2.07. The van der Waals surface area contributed by atoms with Crippen molar-refractivity contribution in [2.24, 2.45) is 0 Å². The number of nitrogens with zero attached hydrogens (tertiary/aromatic N) is 2. The molecule has 0 aliphatic rings. The Labute approximate surface area is 171 Å². The second kappa shape index (κ2) is 7.21. The standard InChI is InChI=1S/C23H17N5O2/c1-2-20(29)27-16-4-3-5-17(11-16)30-21-13-26-23-22(28-21)18(12-25-23)14-6-7-19-15(10-14)8-9-24-19/h2-13,24H,1H2,(H,25,26)(H,27,29). The van der Waals surface area contributed by atoms with Crippen molar-refractivity contribution in [2.45, 2.75) is 0 Å². The van der Waals surface area contributed by atoms with Crippen LogP contribution in [-0.2, 0) is 4.79 Å². The quantitative estimate of drug-likeness (QED) is 0.364. The summed E-state index contributed by atoms with van der Waals surface area (Å²) < 4.78 is 5.89. The first-order valence-electron chi connectivity index (χ1n) is 9.32. The van der Waals surface area contributed by atoms with E-state index in [1.54, 1.807) is 30.5 Å². The SMILES string of the molecule is C=CC(=O)Nc1cccc(Oc2cnc3[nH]cc(-c4ccc5[nH]ccc5c4)c3n2)c1. The molecule has 3 aromatic heterocycles. The Kier molecular flexibility index (Phi) is 4.25. The van der Waals surface area contributed by atoms with Gasteiger partial charge in [-0.25, -0.2) is 9.97 Å². The second-order valence-corrected chi connectivity index (χ2v) is 6.71. The Morgan fingerprint density at radius 1 is 1.13 bits per heavy atom. The number of benzene rings is 2. The molecule has 30 heavy (non-hydrogen) atoms. The highest BCUT2D eigenvalue weighted by atomic mass is 16.5. The number of rotatable bonds is 5. The van der Waals surface area contributed by atoms with Gasteiger partial charge >= 0.3 is 0 Å². The van der Waals surface area contributed by atoms with Crippen LogP contribution in [0.2, 0.25) is 0 Å². The zero-order valence-electron chi connectivity index (χ0n) is 15.8. The fourth-order valence-electron chi connectivity index (χ4n) is 3.32. The summed E-state index contributed by atoms with van der Waals surface area (Å²) in [6.07, 6.45) is 6.59. The van der Waals surface area contributed by atoms with Gasteiger partial charge in [-0.1, -0.05) is 18.7 Å². The largest absolute Gasteiger partial charge is 0.437 e. The summed E-state index contributed by atoms with van der Waals surface area (Å²) in [5.74, 6) is 0.610. The van der Waals surface area contributed by atoms with Crippen molar-refractivity contribution < 1.29 is 9.53 Å². The lowest BCUT2D eigenvalue weighted by atomic mass is 10.1. The molecule has 0 saturated carbocycles. The van der Waals surface area contributed by atoms with Crippen LogP contribution in [-0.4, -0.2) is 25.8 Å². The first-order chi connectivity index (χ1) is 14.7. The Bertz CT molecular complexity index is 1400. The summed E-state index contributed by atoms with van der Waals surface area (Å²) in [5, 5.41) is 3.83. The lowest BCUT2D eigenvalue weighted by molar-refractivity contribution is -0.111. The van der Waals surface area contributed by atoms with Crippen LogP contribution in [0.3, 0.4) is 0 Å². The van der Waals surface area contributed by atoms with Gasteiger partial charge in [0.05, 0.1) is 6.20 Å². The monoisotopic (exact) mass is 395 g/mol. The molecular weight excluding hydrogens is 378 g/mol. The van der Waals surface area contributed by atoms with Crippen LogP contribution >= 0.6 is 0 Å². The molecule has 7 nitrogen and oxygen atoms in total. The first-order valence-corrected chi connectivity index (χ1v) is 9.32. The van der Waals surface area contributed by atoms with Gasteiger partial charge in [-0.3, -0.25) is 4.79 Å². The van der Waals surface area contributed by atoms with Gasteiger partial charge in [-0.15, -0.1) is 0 Å². The van der Waals surface area contributed by atoms with Crippen molar-refractivity contribution in [3.63, 3.8) is 0 Å². The molecule has 0 radical (unpaired) electrons. The van der Waals surface area contributed by atoms with E-state index in [4.69, 9.17) is 4.74 Å². The lowest BCUT2D eigenvalue weighted by Gasteiger charge is -2.07. The van der Waals surface area contributed by atoms with E-state index >= 15 is 0 Å². The predicted octanol–water partition coefficient (Wildman–Crippen LogP) is 5.02. The number of carbonyl (C=O) groups excluding carboxylic acids is 1. The average Bonchev–Trinajstić information content (AvgIpc) is 3.40. The van der Waals surface area contributed by atoms with Gasteiger partial charge in [0.25, 0.3) is 0 Å². The highest BCUT2D eigenvalue weighted by molar-refractivity contribution is 5.99. The zero-order chi connectivity index (χ0) is 20.5. The number of carbonyl (C=O) groups is 1. The van der Waals surface area contributed by atoms with Gasteiger partial charge in [0.2, 0.25) is 11.8 Å². The van der Waals surface area contributed by atoms with Crippen LogP contribution in [0, 0.1) is 0 Å². The van der Waals surface area contributed by atoms with Crippen molar-refractivity contribution in [1.82, 2.24) is 19.9 Å². The summed E-state index contributed by atoms with van der Waals surface area (Å²) in [4.78, 5) is 26.9. The van der Waals surface area contributed by atoms with E-state index in [1.807, 2.05) is 30.6 Å². The van der Waals surface area contributed by atoms with E-state index in [9.17, 15) is 4.79 Å². The van der Waals surface area contributed by atoms with Crippen LogP contribution in [0.25, 0.3) is 33.2 Å².